The summed E-state index contributed by atoms with van der Waals surface area (Å²) in [6, 6.07) is 8.16. The third kappa shape index (κ3) is 3.34. The zero-order valence-electron chi connectivity index (χ0n) is 10.7. The van der Waals surface area contributed by atoms with Gasteiger partial charge in [-0.15, -0.1) is 0 Å². The SMILES string of the molecule is COc1ncccc1CNC(C)Cc1ccco1. The summed E-state index contributed by atoms with van der Waals surface area (Å²) in [7, 11) is 1.64. The highest BCUT2D eigenvalue weighted by Crippen LogP contribution is 2.13. The minimum Gasteiger partial charge on any atom is -0.481 e. The van der Waals surface area contributed by atoms with Crippen LogP contribution in [-0.2, 0) is 13.0 Å². The Labute approximate surface area is 107 Å². The zero-order chi connectivity index (χ0) is 12.8. The summed E-state index contributed by atoms with van der Waals surface area (Å²) in [6.45, 7) is 2.87. The van der Waals surface area contributed by atoms with Crippen LogP contribution >= 0.6 is 0 Å². The van der Waals surface area contributed by atoms with Crippen molar-refractivity contribution in [1.82, 2.24) is 10.3 Å². The van der Waals surface area contributed by atoms with Gasteiger partial charge in [-0.3, -0.25) is 0 Å². The monoisotopic (exact) mass is 246 g/mol. The molecule has 0 radical (unpaired) electrons. The van der Waals surface area contributed by atoms with Crippen LogP contribution in [0.25, 0.3) is 0 Å². The quantitative estimate of drug-likeness (QED) is 0.850. The number of nitrogens with zero attached hydrogens (tertiary/aromatic N) is 1. The van der Waals surface area contributed by atoms with Crippen molar-refractivity contribution in [3.8, 4) is 5.88 Å². The molecule has 1 N–H and O–H groups in total. The maximum absolute atomic E-state index is 5.32. The van der Waals surface area contributed by atoms with Crippen LogP contribution in [0.1, 0.15) is 18.2 Å². The summed E-state index contributed by atoms with van der Waals surface area (Å²) >= 11 is 0. The Kier molecular flexibility index (Phi) is 4.36. The molecule has 0 saturated carbocycles. The molecule has 4 nitrogen and oxygen atoms in total. The molecular formula is C14H18N2O2. The second-order valence-electron chi connectivity index (χ2n) is 4.24. The molecule has 1 atom stereocenters. The van der Waals surface area contributed by atoms with Crippen molar-refractivity contribution in [2.45, 2.75) is 25.9 Å². The summed E-state index contributed by atoms with van der Waals surface area (Å²) in [5.41, 5.74) is 1.06. The molecule has 96 valence electrons. The van der Waals surface area contributed by atoms with Crippen LogP contribution in [0.2, 0.25) is 0 Å². The molecule has 2 aromatic rings. The molecule has 2 rings (SSSR count). The van der Waals surface area contributed by atoms with E-state index in [2.05, 4.69) is 17.2 Å². The first-order valence-electron chi connectivity index (χ1n) is 6.03. The lowest BCUT2D eigenvalue weighted by Gasteiger charge is -2.13. The average Bonchev–Trinajstić information content (AvgIpc) is 2.89. The first-order chi connectivity index (χ1) is 8.79. The van der Waals surface area contributed by atoms with E-state index < -0.39 is 0 Å². The number of rotatable bonds is 6. The lowest BCUT2D eigenvalue weighted by molar-refractivity contribution is 0.387. The van der Waals surface area contributed by atoms with Crippen LogP contribution < -0.4 is 10.1 Å². The summed E-state index contributed by atoms with van der Waals surface area (Å²) in [5, 5.41) is 3.43. The van der Waals surface area contributed by atoms with Crippen molar-refractivity contribution < 1.29 is 9.15 Å². The van der Waals surface area contributed by atoms with Gasteiger partial charge in [0.25, 0.3) is 0 Å². The van der Waals surface area contributed by atoms with Crippen molar-refractivity contribution >= 4 is 0 Å². The Bertz CT molecular complexity index is 468. The van der Waals surface area contributed by atoms with E-state index in [0.717, 1.165) is 24.3 Å². The molecule has 0 aliphatic carbocycles. The number of hydrogen-bond acceptors (Lipinski definition) is 4. The molecule has 0 amide bonds. The van der Waals surface area contributed by atoms with E-state index in [0.29, 0.717) is 11.9 Å². The van der Waals surface area contributed by atoms with Crippen LogP contribution in [0.4, 0.5) is 0 Å². The largest absolute Gasteiger partial charge is 0.481 e. The first-order valence-corrected chi connectivity index (χ1v) is 6.03. The van der Waals surface area contributed by atoms with E-state index in [9.17, 15) is 0 Å². The second-order valence-corrected chi connectivity index (χ2v) is 4.24. The Morgan fingerprint density at radius 2 is 2.28 bits per heavy atom. The molecule has 4 heteroatoms. The lowest BCUT2D eigenvalue weighted by atomic mass is 10.2. The van der Waals surface area contributed by atoms with Gasteiger partial charge in [0.2, 0.25) is 5.88 Å². The van der Waals surface area contributed by atoms with E-state index >= 15 is 0 Å². The number of hydrogen-bond donors (Lipinski definition) is 1. The summed E-state index contributed by atoms with van der Waals surface area (Å²) < 4.78 is 10.5. The van der Waals surface area contributed by atoms with Crippen molar-refractivity contribution in [2.75, 3.05) is 7.11 Å². The highest BCUT2D eigenvalue weighted by atomic mass is 16.5. The van der Waals surface area contributed by atoms with E-state index in [-0.39, 0.29) is 0 Å². The summed E-state index contributed by atoms with van der Waals surface area (Å²) in [6.07, 6.45) is 4.30. The van der Waals surface area contributed by atoms with Gasteiger partial charge in [-0.1, -0.05) is 6.07 Å². The van der Waals surface area contributed by atoms with Crippen LogP contribution in [0, 0.1) is 0 Å². The van der Waals surface area contributed by atoms with Crippen LogP contribution in [0.15, 0.2) is 41.1 Å². The van der Waals surface area contributed by atoms with Crippen LogP contribution in [-0.4, -0.2) is 18.1 Å². The molecule has 0 aliphatic heterocycles. The molecular weight excluding hydrogens is 228 g/mol. The third-order valence-electron chi connectivity index (χ3n) is 2.77. The molecule has 0 bridgehead atoms. The van der Waals surface area contributed by atoms with Gasteiger partial charge in [0.1, 0.15) is 5.76 Å². The van der Waals surface area contributed by atoms with Crippen molar-refractivity contribution in [3.63, 3.8) is 0 Å². The fourth-order valence-electron chi connectivity index (χ4n) is 1.83. The molecule has 0 aliphatic rings. The Balaban J connectivity index is 1.87. The Morgan fingerprint density at radius 1 is 1.39 bits per heavy atom. The van der Waals surface area contributed by atoms with Gasteiger partial charge in [-0.2, -0.15) is 0 Å². The van der Waals surface area contributed by atoms with Gasteiger partial charge in [-0.05, 0) is 25.1 Å². The molecule has 1 unspecified atom stereocenters. The van der Waals surface area contributed by atoms with Gasteiger partial charge in [0.15, 0.2) is 0 Å². The minimum absolute atomic E-state index is 0.334. The summed E-state index contributed by atoms with van der Waals surface area (Å²) in [4.78, 5) is 4.17. The van der Waals surface area contributed by atoms with E-state index in [4.69, 9.17) is 9.15 Å². The first kappa shape index (κ1) is 12.6. The smallest absolute Gasteiger partial charge is 0.217 e. The zero-order valence-corrected chi connectivity index (χ0v) is 10.7. The maximum Gasteiger partial charge on any atom is 0.217 e. The number of aromatic nitrogens is 1. The molecule has 0 fully saturated rings. The molecule has 0 saturated heterocycles. The third-order valence-corrected chi connectivity index (χ3v) is 2.77. The number of methoxy groups -OCH3 is 1. The van der Waals surface area contributed by atoms with Gasteiger partial charge in [0, 0.05) is 30.8 Å². The molecule has 2 aromatic heterocycles. The van der Waals surface area contributed by atoms with E-state index in [1.165, 1.54) is 0 Å². The van der Waals surface area contributed by atoms with Gasteiger partial charge >= 0.3 is 0 Å². The predicted molar refractivity (Wildman–Crippen MR) is 69.5 cm³/mol. The maximum atomic E-state index is 5.32. The van der Waals surface area contributed by atoms with Crippen LogP contribution in [0.5, 0.6) is 5.88 Å². The molecule has 2 heterocycles. The molecule has 0 spiro atoms. The van der Waals surface area contributed by atoms with E-state index in [1.54, 1.807) is 19.6 Å². The lowest BCUT2D eigenvalue weighted by Crippen LogP contribution is -2.27. The minimum atomic E-state index is 0.334. The molecule has 0 aromatic carbocycles. The van der Waals surface area contributed by atoms with Crippen molar-refractivity contribution in [3.05, 3.63) is 48.0 Å². The van der Waals surface area contributed by atoms with Crippen molar-refractivity contribution in [1.29, 1.82) is 0 Å². The normalized spacial score (nSPS) is 12.3. The average molecular weight is 246 g/mol. The topological polar surface area (TPSA) is 47.3 Å². The number of nitrogens with one attached hydrogen (secondary N) is 1. The molecule has 18 heavy (non-hydrogen) atoms. The van der Waals surface area contributed by atoms with Gasteiger partial charge in [0.05, 0.1) is 13.4 Å². The van der Waals surface area contributed by atoms with E-state index in [1.807, 2.05) is 24.3 Å². The number of ether oxygens (including phenoxy) is 1. The predicted octanol–water partition coefficient (Wildman–Crippen LogP) is 2.40. The standard InChI is InChI=1S/C14H18N2O2/c1-11(9-13-6-4-8-18-13)16-10-12-5-3-7-15-14(12)17-2/h3-8,11,16H,9-10H2,1-2H3. The van der Waals surface area contributed by atoms with Gasteiger partial charge in [-0.25, -0.2) is 4.98 Å². The highest BCUT2D eigenvalue weighted by Gasteiger charge is 2.07. The number of pyridine rings is 1. The fourth-order valence-corrected chi connectivity index (χ4v) is 1.83. The van der Waals surface area contributed by atoms with Crippen molar-refractivity contribution in [2.24, 2.45) is 0 Å². The summed E-state index contributed by atoms with van der Waals surface area (Å²) in [5.74, 6) is 1.67. The fraction of sp³-hybridized carbons (Fsp3) is 0.357. The van der Waals surface area contributed by atoms with Crippen LogP contribution in [0.3, 0.4) is 0 Å². The number of furan rings is 1. The Morgan fingerprint density at radius 3 is 3.00 bits per heavy atom. The van der Waals surface area contributed by atoms with Gasteiger partial charge < -0.3 is 14.5 Å². The highest BCUT2D eigenvalue weighted by molar-refractivity contribution is 5.25. The Hall–Kier alpha value is -1.81. The second kappa shape index (κ2) is 6.21.